The number of rotatable bonds is 2. The van der Waals surface area contributed by atoms with Crippen LogP contribution in [0, 0.1) is 0 Å². The van der Waals surface area contributed by atoms with Crippen LogP contribution in [0.2, 0.25) is 0 Å². The van der Waals surface area contributed by atoms with E-state index in [0.29, 0.717) is 0 Å². The number of thiazole rings is 1. The molecule has 1 aromatic carbocycles. The lowest BCUT2D eigenvalue weighted by Crippen LogP contribution is -2.40. The molecule has 106 valence electrons. The largest absolute Gasteiger partial charge is 0.317 e. The molecule has 2 aromatic heterocycles. The fourth-order valence-corrected chi connectivity index (χ4v) is 4.25. The average Bonchev–Trinajstić information content (AvgIpc) is 3.01. The van der Waals surface area contributed by atoms with Gasteiger partial charge >= 0.3 is 0 Å². The van der Waals surface area contributed by atoms with Crippen molar-refractivity contribution in [1.29, 1.82) is 0 Å². The highest BCUT2D eigenvalue weighted by Gasteiger charge is 2.38. The Morgan fingerprint density at radius 2 is 1.76 bits per heavy atom. The lowest BCUT2D eigenvalue weighted by Gasteiger charge is -2.36. The number of piperidine rings is 1. The van der Waals surface area contributed by atoms with Gasteiger partial charge in [0.25, 0.3) is 0 Å². The van der Waals surface area contributed by atoms with Crippen molar-refractivity contribution >= 4 is 21.8 Å². The first-order valence-corrected chi connectivity index (χ1v) is 8.04. The summed E-state index contributed by atoms with van der Waals surface area (Å²) in [7, 11) is 0. The van der Waals surface area contributed by atoms with E-state index in [9.17, 15) is 0 Å². The molecular weight excluding hydrogens is 280 g/mol. The van der Waals surface area contributed by atoms with E-state index in [4.69, 9.17) is 4.98 Å². The zero-order valence-corrected chi connectivity index (χ0v) is 12.4. The van der Waals surface area contributed by atoms with Gasteiger partial charge in [-0.05, 0) is 31.5 Å². The summed E-state index contributed by atoms with van der Waals surface area (Å²) in [5.74, 6) is 0. The van der Waals surface area contributed by atoms with Crippen molar-refractivity contribution in [2.24, 2.45) is 0 Å². The smallest absolute Gasteiger partial charge is 0.189 e. The summed E-state index contributed by atoms with van der Waals surface area (Å²) in [6.07, 6.45) is 5.58. The third-order valence-electron chi connectivity index (χ3n) is 4.24. The van der Waals surface area contributed by atoms with Gasteiger partial charge in [0.2, 0.25) is 0 Å². The van der Waals surface area contributed by atoms with Gasteiger partial charge in [0, 0.05) is 17.8 Å². The molecule has 0 bridgehead atoms. The molecule has 0 spiro atoms. The molecule has 1 aliphatic heterocycles. The maximum atomic E-state index is 4.80. The van der Waals surface area contributed by atoms with Crippen LogP contribution < -0.4 is 5.32 Å². The van der Waals surface area contributed by atoms with Crippen LogP contribution >= 0.6 is 11.3 Å². The number of hydrogen-bond acceptors (Lipinski definition) is 5. The fourth-order valence-electron chi connectivity index (χ4n) is 3.12. The Kier molecular flexibility index (Phi) is 3.16. The summed E-state index contributed by atoms with van der Waals surface area (Å²) in [4.78, 5) is 14.5. The maximum Gasteiger partial charge on any atom is 0.189 e. The van der Waals surface area contributed by atoms with Gasteiger partial charge in [-0.3, -0.25) is 0 Å². The Morgan fingerprint density at radius 1 is 1.00 bits per heavy atom. The van der Waals surface area contributed by atoms with E-state index in [1.807, 2.05) is 0 Å². The van der Waals surface area contributed by atoms with E-state index in [2.05, 4.69) is 45.6 Å². The summed E-state index contributed by atoms with van der Waals surface area (Å²) in [6.45, 7) is 2.04. The molecule has 3 aromatic rings. The van der Waals surface area contributed by atoms with Crippen LogP contribution in [0.5, 0.6) is 0 Å². The zero-order valence-electron chi connectivity index (χ0n) is 11.6. The zero-order chi connectivity index (χ0) is 14.1. The van der Waals surface area contributed by atoms with E-state index in [1.54, 1.807) is 23.7 Å². The number of fused-ring (bicyclic) bond motifs is 1. The molecule has 0 amide bonds. The molecule has 1 aliphatic rings. The van der Waals surface area contributed by atoms with Crippen molar-refractivity contribution in [2.75, 3.05) is 13.1 Å². The molecule has 4 rings (SSSR count). The van der Waals surface area contributed by atoms with Crippen molar-refractivity contribution in [3.8, 4) is 0 Å². The minimum atomic E-state index is -0.000440. The number of nitrogens with one attached hydrogen (secondary N) is 1. The SMILES string of the molecule is c1ccc(C2(c3nc4nccnc4s3)CCNCC2)cc1. The molecule has 0 atom stereocenters. The number of aromatic nitrogens is 3. The van der Waals surface area contributed by atoms with E-state index in [-0.39, 0.29) is 5.41 Å². The summed E-state index contributed by atoms with van der Waals surface area (Å²) >= 11 is 1.68. The minimum absolute atomic E-state index is 0.000440. The third kappa shape index (κ3) is 2.13. The molecule has 5 heteroatoms. The summed E-state index contributed by atoms with van der Waals surface area (Å²) < 4.78 is 0. The molecule has 0 saturated carbocycles. The van der Waals surface area contributed by atoms with Crippen LogP contribution in [0.1, 0.15) is 23.4 Å². The first-order valence-electron chi connectivity index (χ1n) is 7.23. The molecule has 1 fully saturated rings. The lowest BCUT2D eigenvalue weighted by atomic mass is 9.73. The molecule has 1 saturated heterocycles. The monoisotopic (exact) mass is 296 g/mol. The van der Waals surface area contributed by atoms with Crippen molar-refractivity contribution in [2.45, 2.75) is 18.3 Å². The summed E-state index contributed by atoms with van der Waals surface area (Å²) in [5, 5.41) is 4.61. The highest BCUT2D eigenvalue weighted by Crippen LogP contribution is 2.42. The minimum Gasteiger partial charge on any atom is -0.317 e. The summed E-state index contributed by atoms with van der Waals surface area (Å²) in [6, 6.07) is 10.7. The predicted octanol–water partition coefficient (Wildman–Crippen LogP) is 2.76. The van der Waals surface area contributed by atoms with Crippen LogP contribution in [0.3, 0.4) is 0 Å². The van der Waals surface area contributed by atoms with Crippen LogP contribution in [-0.2, 0) is 5.41 Å². The maximum absolute atomic E-state index is 4.80. The topological polar surface area (TPSA) is 50.7 Å². The molecule has 1 N–H and O–H groups in total. The van der Waals surface area contributed by atoms with E-state index in [0.717, 1.165) is 41.4 Å². The predicted molar refractivity (Wildman–Crippen MR) is 84.5 cm³/mol. The second kappa shape index (κ2) is 5.16. The van der Waals surface area contributed by atoms with Gasteiger partial charge < -0.3 is 5.32 Å². The second-order valence-electron chi connectivity index (χ2n) is 5.40. The molecule has 0 aliphatic carbocycles. The Balaban J connectivity index is 1.89. The van der Waals surface area contributed by atoms with E-state index >= 15 is 0 Å². The Morgan fingerprint density at radius 3 is 2.52 bits per heavy atom. The first kappa shape index (κ1) is 12.9. The van der Waals surface area contributed by atoms with Gasteiger partial charge in [0.15, 0.2) is 10.5 Å². The fraction of sp³-hybridized carbons (Fsp3) is 0.312. The molecule has 0 unspecified atom stereocenters. The van der Waals surface area contributed by atoms with Gasteiger partial charge in [0.05, 0.1) is 0 Å². The average molecular weight is 296 g/mol. The van der Waals surface area contributed by atoms with Gasteiger partial charge in [-0.2, -0.15) is 0 Å². The van der Waals surface area contributed by atoms with Crippen molar-refractivity contribution in [1.82, 2.24) is 20.3 Å². The van der Waals surface area contributed by atoms with Gasteiger partial charge in [-0.15, -0.1) is 0 Å². The molecule has 0 radical (unpaired) electrons. The quantitative estimate of drug-likeness (QED) is 0.790. The van der Waals surface area contributed by atoms with E-state index in [1.165, 1.54) is 5.56 Å². The standard InChI is InChI=1S/C16H16N4S/c1-2-4-12(5-3-1)16(6-8-17-9-7-16)15-20-13-14(21-15)19-11-10-18-13/h1-5,10-11,17H,6-9H2. The second-order valence-corrected chi connectivity index (χ2v) is 6.38. The molecular formula is C16H16N4S. The third-order valence-corrected chi connectivity index (χ3v) is 5.40. The molecule has 3 heterocycles. The Bertz CT molecular complexity index is 714. The Hall–Kier alpha value is -1.85. The van der Waals surface area contributed by atoms with Crippen LogP contribution in [-0.4, -0.2) is 28.0 Å². The Labute approximate surface area is 127 Å². The number of hydrogen-bond donors (Lipinski definition) is 1. The van der Waals surface area contributed by atoms with Crippen molar-refractivity contribution in [3.05, 3.63) is 53.3 Å². The molecule has 21 heavy (non-hydrogen) atoms. The van der Waals surface area contributed by atoms with Gasteiger partial charge in [-0.25, -0.2) is 15.0 Å². The first-order chi connectivity index (χ1) is 10.4. The highest BCUT2D eigenvalue weighted by atomic mass is 32.1. The van der Waals surface area contributed by atoms with E-state index < -0.39 is 0 Å². The highest BCUT2D eigenvalue weighted by molar-refractivity contribution is 7.18. The lowest BCUT2D eigenvalue weighted by molar-refractivity contribution is 0.361. The normalized spacial score (nSPS) is 17.9. The van der Waals surface area contributed by atoms with Gasteiger partial charge in [-0.1, -0.05) is 41.7 Å². The van der Waals surface area contributed by atoms with Crippen LogP contribution in [0.15, 0.2) is 42.7 Å². The van der Waals surface area contributed by atoms with Crippen LogP contribution in [0.4, 0.5) is 0 Å². The molecule has 4 nitrogen and oxygen atoms in total. The summed E-state index contributed by atoms with van der Waals surface area (Å²) in [5.41, 5.74) is 2.12. The van der Waals surface area contributed by atoms with Crippen molar-refractivity contribution in [3.63, 3.8) is 0 Å². The van der Waals surface area contributed by atoms with Crippen molar-refractivity contribution < 1.29 is 0 Å². The van der Waals surface area contributed by atoms with Crippen LogP contribution in [0.25, 0.3) is 10.5 Å². The number of nitrogens with zero attached hydrogens (tertiary/aromatic N) is 3. The number of benzene rings is 1. The van der Waals surface area contributed by atoms with Gasteiger partial charge in [0.1, 0.15) is 5.01 Å².